The van der Waals surface area contributed by atoms with Crippen molar-refractivity contribution in [3.63, 3.8) is 0 Å². The molecule has 19 heavy (non-hydrogen) atoms. The van der Waals surface area contributed by atoms with Gasteiger partial charge >= 0.3 is 0 Å². The average Bonchev–Trinajstić information content (AvgIpc) is 2.88. The smallest absolute Gasteiger partial charge is 0.143 e. The second kappa shape index (κ2) is 6.06. The maximum atomic E-state index is 13.3. The first-order chi connectivity index (χ1) is 9.10. The number of anilines is 1. The second-order valence-electron chi connectivity index (χ2n) is 4.53. The summed E-state index contributed by atoms with van der Waals surface area (Å²) in [4.78, 5) is 0. The molecule has 1 aromatic carbocycles. The van der Waals surface area contributed by atoms with Crippen LogP contribution in [0, 0.1) is 5.82 Å². The normalized spacial score (nSPS) is 12.4. The predicted molar refractivity (Wildman–Crippen MR) is 76.0 cm³/mol. The standard InChI is InChI=1S/C14H17ClFN3/c1-3-10(2)19-7-6-12(18-19)9-17-11-4-5-13(15)14(16)8-11/h4-8,10,17H,3,9H2,1-2H3. The number of hydrogen-bond acceptors (Lipinski definition) is 2. The zero-order chi connectivity index (χ0) is 13.8. The Morgan fingerprint density at radius 3 is 2.89 bits per heavy atom. The van der Waals surface area contributed by atoms with Crippen molar-refractivity contribution in [1.29, 1.82) is 0 Å². The molecule has 3 nitrogen and oxygen atoms in total. The van der Waals surface area contributed by atoms with Gasteiger partial charge in [0, 0.05) is 17.9 Å². The Morgan fingerprint density at radius 1 is 1.42 bits per heavy atom. The van der Waals surface area contributed by atoms with Gasteiger partial charge in [-0.05, 0) is 37.6 Å². The molecule has 0 saturated heterocycles. The molecule has 0 fully saturated rings. The molecule has 1 atom stereocenters. The lowest BCUT2D eigenvalue weighted by molar-refractivity contribution is 0.474. The third-order valence-corrected chi connectivity index (χ3v) is 3.41. The molecular weight excluding hydrogens is 265 g/mol. The molecule has 0 saturated carbocycles. The Balaban J connectivity index is 1.98. The van der Waals surface area contributed by atoms with Crippen molar-refractivity contribution >= 4 is 17.3 Å². The molecule has 1 heterocycles. The van der Waals surface area contributed by atoms with E-state index in [0.29, 0.717) is 18.3 Å². The van der Waals surface area contributed by atoms with Crippen LogP contribution in [-0.2, 0) is 6.54 Å². The summed E-state index contributed by atoms with van der Waals surface area (Å²) in [6.45, 7) is 4.81. The van der Waals surface area contributed by atoms with Crippen LogP contribution in [0.25, 0.3) is 0 Å². The molecule has 0 aliphatic carbocycles. The van der Waals surface area contributed by atoms with Crippen LogP contribution >= 0.6 is 11.6 Å². The Bertz CT molecular complexity index is 553. The largest absolute Gasteiger partial charge is 0.379 e. The molecule has 1 unspecified atom stereocenters. The number of nitrogens with one attached hydrogen (secondary N) is 1. The van der Waals surface area contributed by atoms with Crippen LogP contribution in [0.1, 0.15) is 32.0 Å². The SMILES string of the molecule is CCC(C)n1ccc(CNc2ccc(Cl)c(F)c2)n1. The van der Waals surface area contributed by atoms with Crippen LogP contribution in [0.3, 0.4) is 0 Å². The van der Waals surface area contributed by atoms with E-state index < -0.39 is 5.82 Å². The molecule has 1 aromatic heterocycles. The van der Waals surface area contributed by atoms with Crippen LogP contribution in [0.5, 0.6) is 0 Å². The van der Waals surface area contributed by atoms with Crippen molar-refractivity contribution < 1.29 is 4.39 Å². The van der Waals surface area contributed by atoms with Crippen LogP contribution in [0.15, 0.2) is 30.5 Å². The molecule has 0 bridgehead atoms. The van der Waals surface area contributed by atoms with E-state index in [0.717, 1.165) is 12.1 Å². The van der Waals surface area contributed by atoms with Gasteiger partial charge in [-0.3, -0.25) is 4.68 Å². The van der Waals surface area contributed by atoms with Crippen molar-refractivity contribution in [3.8, 4) is 0 Å². The summed E-state index contributed by atoms with van der Waals surface area (Å²) >= 11 is 5.63. The van der Waals surface area contributed by atoms with Gasteiger partial charge in [0.1, 0.15) is 5.82 Å². The second-order valence-corrected chi connectivity index (χ2v) is 4.93. The minimum Gasteiger partial charge on any atom is -0.379 e. The van der Waals surface area contributed by atoms with E-state index in [9.17, 15) is 4.39 Å². The maximum absolute atomic E-state index is 13.3. The monoisotopic (exact) mass is 281 g/mol. The number of hydrogen-bond donors (Lipinski definition) is 1. The van der Waals surface area contributed by atoms with E-state index in [-0.39, 0.29) is 5.02 Å². The highest BCUT2D eigenvalue weighted by Gasteiger charge is 2.05. The molecule has 0 spiro atoms. The van der Waals surface area contributed by atoms with Crippen molar-refractivity contribution in [2.45, 2.75) is 32.9 Å². The third-order valence-electron chi connectivity index (χ3n) is 3.10. The predicted octanol–water partition coefficient (Wildman–Crippen LogP) is 4.26. The summed E-state index contributed by atoms with van der Waals surface area (Å²) in [7, 11) is 0. The van der Waals surface area contributed by atoms with E-state index in [2.05, 4.69) is 24.3 Å². The first kappa shape index (κ1) is 13.9. The molecule has 102 valence electrons. The van der Waals surface area contributed by atoms with E-state index in [1.165, 1.54) is 12.1 Å². The van der Waals surface area contributed by atoms with Crippen molar-refractivity contribution in [2.24, 2.45) is 0 Å². The number of rotatable bonds is 5. The summed E-state index contributed by atoms with van der Waals surface area (Å²) < 4.78 is 15.2. The van der Waals surface area contributed by atoms with Crippen LogP contribution in [0.4, 0.5) is 10.1 Å². The minimum atomic E-state index is -0.420. The fraction of sp³-hybridized carbons (Fsp3) is 0.357. The highest BCUT2D eigenvalue weighted by Crippen LogP contribution is 2.19. The van der Waals surface area contributed by atoms with E-state index in [1.54, 1.807) is 6.07 Å². The Kier molecular flexibility index (Phi) is 4.43. The molecule has 2 rings (SSSR count). The van der Waals surface area contributed by atoms with Gasteiger partial charge < -0.3 is 5.32 Å². The lowest BCUT2D eigenvalue weighted by Gasteiger charge is -2.08. The number of benzene rings is 1. The fourth-order valence-electron chi connectivity index (χ4n) is 1.70. The maximum Gasteiger partial charge on any atom is 0.143 e. The van der Waals surface area contributed by atoms with Gasteiger partial charge in [0.15, 0.2) is 0 Å². The lowest BCUT2D eigenvalue weighted by Crippen LogP contribution is -2.06. The van der Waals surface area contributed by atoms with E-state index in [1.807, 2.05) is 16.9 Å². The average molecular weight is 282 g/mol. The summed E-state index contributed by atoms with van der Waals surface area (Å²) in [6.07, 6.45) is 3.00. The van der Waals surface area contributed by atoms with Gasteiger partial charge in [-0.2, -0.15) is 5.10 Å². The lowest BCUT2D eigenvalue weighted by atomic mass is 10.3. The molecule has 2 aromatic rings. The minimum absolute atomic E-state index is 0.131. The molecule has 0 radical (unpaired) electrons. The third kappa shape index (κ3) is 3.47. The van der Waals surface area contributed by atoms with Gasteiger partial charge in [0.2, 0.25) is 0 Å². The molecule has 5 heteroatoms. The van der Waals surface area contributed by atoms with Crippen LogP contribution in [-0.4, -0.2) is 9.78 Å². The highest BCUT2D eigenvalue weighted by molar-refractivity contribution is 6.30. The summed E-state index contributed by atoms with van der Waals surface area (Å²) in [5, 5.41) is 7.73. The topological polar surface area (TPSA) is 29.9 Å². The summed E-state index contributed by atoms with van der Waals surface area (Å²) in [5.41, 5.74) is 1.62. The van der Waals surface area contributed by atoms with Crippen molar-refractivity contribution in [3.05, 3.63) is 47.0 Å². The quantitative estimate of drug-likeness (QED) is 0.887. The van der Waals surface area contributed by atoms with Gasteiger partial charge in [0.25, 0.3) is 0 Å². The van der Waals surface area contributed by atoms with Gasteiger partial charge in [-0.15, -0.1) is 0 Å². The fourth-order valence-corrected chi connectivity index (χ4v) is 1.82. The first-order valence-electron chi connectivity index (χ1n) is 6.33. The van der Waals surface area contributed by atoms with Gasteiger partial charge in [0.05, 0.1) is 17.3 Å². The molecule has 0 aliphatic heterocycles. The Labute approximate surface area is 117 Å². The Hall–Kier alpha value is -1.55. The Morgan fingerprint density at radius 2 is 2.21 bits per heavy atom. The van der Waals surface area contributed by atoms with E-state index >= 15 is 0 Å². The van der Waals surface area contributed by atoms with Gasteiger partial charge in [-0.25, -0.2) is 4.39 Å². The first-order valence-corrected chi connectivity index (χ1v) is 6.71. The summed E-state index contributed by atoms with van der Waals surface area (Å²) in [5.74, 6) is -0.420. The number of halogens is 2. The molecule has 0 amide bonds. The van der Waals surface area contributed by atoms with E-state index in [4.69, 9.17) is 11.6 Å². The molecule has 0 aliphatic rings. The van der Waals surface area contributed by atoms with Gasteiger partial charge in [-0.1, -0.05) is 18.5 Å². The molecular formula is C14H17ClFN3. The van der Waals surface area contributed by atoms with Crippen LogP contribution in [0.2, 0.25) is 5.02 Å². The zero-order valence-corrected chi connectivity index (χ0v) is 11.8. The van der Waals surface area contributed by atoms with Crippen molar-refractivity contribution in [1.82, 2.24) is 9.78 Å². The highest BCUT2D eigenvalue weighted by atomic mass is 35.5. The number of nitrogens with zero attached hydrogens (tertiary/aromatic N) is 2. The summed E-state index contributed by atoms with van der Waals surface area (Å²) in [6, 6.07) is 7.02. The van der Waals surface area contributed by atoms with Crippen molar-refractivity contribution in [2.75, 3.05) is 5.32 Å². The molecule has 1 N–H and O–H groups in total. The van der Waals surface area contributed by atoms with Crippen LogP contribution < -0.4 is 5.32 Å². The number of aromatic nitrogens is 2. The zero-order valence-electron chi connectivity index (χ0n) is 11.0.